The molecule has 3 aromatic rings. The van der Waals surface area contributed by atoms with Gasteiger partial charge < -0.3 is 15.4 Å². The van der Waals surface area contributed by atoms with Crippen LogP contribution in [0.5, 0.6) is 0 Å². The number of carbonyl (C=O) groups is 2. The van der Waals surface area contributed by atoms with Gasteiger partial charge >= 0.3 is 5.97 Å². The summed E-state index contributed by atoms with van der Waals surface area (Å²) in [6, 6.07) is 16.5. The van der Waals surface area contributed by atoms with Crippen LogP contribution < -0.4 is 10.6 Å². The van der Waals surface area contributed by atoms with E-state index in [4.69, 9.17) is 0 Å². The van der Waals surface area contributed by atoms with Gasteiger partial charge in [0.25, 0.3) is 5.91 Å². The highest BCUT2D eigenvalue weighted by Gasteiger charge is 2.09. The zero-order valence-electron chi connectivity index (χ0n) is 15.4. The largest absolute Gasteiger partial charge is 0.465 e. The summed E-state index contributed by atoms with van der Waals surface area (Å²) in [4.78, 5) is 32.1. The van der Waals surface area contributed by atoms with Gasteiger partial charge in [0.1, 0.15) is 0 Å². The second kappa shape index (κ2) is 9.27. The number of nitrogens with one attached hydrogen (secondary N) is 2. The summed E-state index contributed by atoms with van der Waals surface area (Å²) in [6.45, 7) is 0.697. The minimum absolute atomic E-state index is 0.332. The van der Waals surface area contributed by atoms with Gasteiger partial charge in [0.05, 0.1) is 18.2 Å². The molecule has 7 heteroatoms. The van der Waals surface area contributed by atoms with E-state index in [0.29, 0.717) is 29.3 Å². The number of ether oxygens (including phenoxy) is 1. The molecule has 0 spiro atoms. The first-order valence-electron chi connectivity index (χ1n) is 8.75. The highest BCUT2D eigenvalue weighted by atomic mass is 16.5. The fourth-order valence-electron chi connectivity index (χ4n) is 2.51. The van der Waals surface area contributed by atoms with Crippen molar-refractivity contribution in [1.82, 2.24) is 9.97 Å². The van der Waals surface area contributed by atoms with Crippen molar-refractivity contribution in [3.8, 4) is 0 Å². The number of rotatable bonds is 7. The van der Waals surface area contributed by atoms with Gasteiger partial charge in [-0.15, -0.1) is 0 Å². The van der Waals surface area contributed by atoms with Crippen molar-refractivity contribution in [2.75, 3.05) is 24.3 Å². The Bertz CT molecular complexity index is 926. The van der Waals surface area contributed by atoms with Crippen molar-refractivity contribution in [1.29, 1.82) is 0 Å². The highest BCUT2D eigenvalue weighted by Crippen LogP contribution is 2.12. The zero-order chi connectivity index (χ0) is 19.8. The van der Waals surface area contributed by atoms with E-state index >= 15 is 0 Å². The van der Waals surface area contributed by atoms with Crippen LogP contribution in [0.25, 0.3) is 0 Å². The number of carbonyl (C=O) groups excluding carboxylic acids is 2. The summed E-state index contributed by atoms with van der Waals surface area (Å²) in [5, 5.41) is 5.87. The molecule has 1 aromatic heterocycles. The number of aromatic nitrogens is 2. The first kappa shape index (κ1) is 19.0. The molecule has 2 N–H and O–H groups in total. The SMILES string of the molecule is COC(=O)c1ccc(NC(=O)c2cnc(NCCc3ccccc3)nc2)cc1. The van der Waals surface area contributed by atoms with Gasteiger partial charge in [-0.05, 0) is 36.2 Å². The van der Waals surface area contributed by atoms with Gasteiger partial charge in [-0.1, -0.05) is 30.3 Å². The Morgan fingerprint density at radius 1 is 0.929 bits per heavy atom. The molecule has 0 saturated carbocycles. The van der Waals surface area contributed by atoms with E-state index < -0.39 is 5.97 Å². The fraction of sp³-hybridized carbons (Fsp3) is 0.143. The number of esters is 1. The van der Waals surface area contributed by atoms with Crippen molar-refractivity contribution in [3.63, 3.8) is 0 Å². The molecule has 142 valence electrons. The van der Waals surface area contributed by atoms with Crippen LogP contribution in [0, 0.1) is 0 Å². The zero-order valence-corrected chi connectivity index (χ0v) is 15.4. The van der Waals surface area contributed by atoms with E-state index in [-0.39, 0.29) is 5.91 Å². The quantitative estimate of drug-likeness (QED) is 0.615. The average molecular weight is 376 g/mol. The van der Waals surface area contributed by atoms with Crippen LogP contribution in [-0.4, -0.2) is 35.5 Å². The summed E-state index contributed by atoms with van der Waals surface area (Å²) in [5.41, 5.74) is 2.53. The molecule has 0 bridgehead atoms. The number of methoxy groups -OCH3 is 1. The van der Waals surface area contributed by atoms with Crippen LogP contribution in [0.2, 0.25) is 0 Å². The third-order valence-electron chi connectivity index (χ3n) is 4.02. The maximum absolute atomic E-state index is 12.3. The van der Waals surface area contributed by atoms with Crippen molar-refractivity contribution < 1.29 is 14.3 Å². The molecule has 1 heterocycles. The lowest BCUT2D eigenvalue weighted by atomic mass is 10.1. The van der Waals surface area contributed by atoms with Gasteiger partial charge in [-0.3, -0.25) is 4.79 Å². The van der Waals surface area contributed by atoms with Gasteiger partial charge in [0, 0.05) is 24.6 Å². The van der Waals surface area contributed by atoms with Crippen LogP contribution in [0.1, 0.15) is 26.3 Å². The topological polar surface area (TPSA) is 93.2 Å². The molecule has 7 nitrogen and oxygen atoms in total. The number of hydrogen-bond donors (Lipinski definition) is 2. The van der Waals surface area contributed by atoms with Crippen molar-refractivity contribution >= 4 is 23.5 Å². The molecule has 28 heavy (non-hydrogen) atoms. The molecular formula is C21H20N4O3. The third kappa shape index (κ3) is 5.14. The van der Waals surface area contributed by atoms with E-state index in [1.807, 2.05) is 18.2 Å². The first-order valence-corrected chi connectivity index (χ1v) is 8.75. The lowest BCUT2D eigenvalue weighted by molar-refractivity contribution is 0.0600. The highest BCUT2D eigenvalue weighted by molar-refractivity contribution is 6.04. The van der Waals surface area contributed by atoms with Gasteiger partial charge in [-0.25, -0.2) is 14.8 Å². The standard InChI is InChI=1S/C21H20N4O3/c1-28-20(27)16-7-9-18(10-8-16)25-19(26)17-13-23-21(24-14-17)22-12-11-15-5-3-2-4-6-15/h2-10,13-14H,11-12H2,1H3,(H,25,26)(H,22,23,24). The van der Waals surface area contributed by atoms with Gasteiger partial charge in [0.15, 0.2) is 0 Å². The smallest absolute Gasteiger partial charge is 0.337 e. The number of nitrogens with zero attached hydrogens (tertiary/aromatic N) is 2. The maximum atomic E-state index is 12.3. The molecule has 0 unspecified atom stereocenters. The first-order chi connectivity index (χ1) is 13.7. The van der Waals surface area contributed by atoms with Crippen molar-refractivity contribution in [2.24, 2.45) is 0 Å². The van der Waals surface area contributed by atoms with Crippen molar-refractivity contribution in [2.45, 2.75) is 6.42 Å². The van der Waals surface area contributed by atoms with Crippen LogP contribution in [0.15, 0.2) is 67.0 Å². The molecule has 0 radical (unpaired) electrons. The van der Waals surface area contributed by atoms with Gasteiger partial charge in [-0.2, -0.15) is 0 Å². The monoisotopic (exact) mass is 376 g/mol. The molecule has 3 rings (SSSR count). The maximum Gasteiger partial charge on any atom is 0.337 e. The summed E-state index contributed by atoms with van der Waals surface area (Å²) in [6.07, 6.45) is 3.79. The minimum atomic E-state index is -0.429. The predicted octanol–water partition coefficient (Wildman–Crippen LogP) is 3.17. The Balaban J connectivity index is 1.52. The van der Waals surface area contributed by atoms with Crippen LogP contribution in [0.3, 0.4) is 0 Å². The van der Waals surface area contributed by atoms with Crippen LogP contribution >= 0.6 is 0 Å². The third-order valence-corrected chi connectivity index (χ3v) is 4.02. The minimum Gasteiger partial charge on any atom is -0.465 e. The van der Waals surface area contributed by atoms with E-state index in [0.717, 1.165) is 6.42 Å². The molecule has 0 aliphatic carbocycles. The van der Waals surface area contributed by atoms with E-state index in [2.05, 4.69) is 37.5 Å². The fourth-order valence-corrected chi connectivity index (χ4v) is 2.51. The Labute approximate surface area is 162 Å². The predicted molar refractivity (Wildman–Crippen MR) is 106 cm³/mol. The summed E-state index contributed by atoms with van der Waals surface area (Å²) in [5.74, 6) is -0.293. The lowest BCUT2D eigenvalue weighted by Gasteiger charge is -2.07. The molecule has 0 fully saturated rings. The molecule has 2 aromatic carbocycles. The molecule has 0 aliphatic heterocycles. The number of hydrogen-bond acceptors (Lipinski definition) is 6. The van der Waals surface area contributed by atoms with Gasteiger partial charge in [0.2, 0.25) is 5.95 Å². The van der Waals surface area contributed by atoms with E-state index in [1.165, 1.54) is 25.1 Å². The second-order valence-electron chi connectivity index (χ2n) is 5.98. The lowest BCUT2D eigenvalue weighted by Crippen LogP contribution is -2.14. The van der Waals surface area contributed by atoms with Crippen LogP contribution in [0.4, 0.5) is 11.6 Å². The number of amides is 1. The second-order valence-corrected chi connectivity index (χ2v) is 5.98. The van der Waals surface area contributed by atoms with Crippen molar-refractivity contribution in [3.05, 3.63) is 83.7 Å². The number of benzene rings is 2. The molecule has 0 saturated heterocycles. The molecule has 1 amide bonds. The Morgan fingerprint density at radius 2 is 1.61 bits per heavy atom. The Kier molecular flexibility index (Phi) is 6.30. The molecular weight excluding hydrogens is 356 g/mol. The van der Waals surface area contributed by atoms with E-state index in [1.54, 1.807) is 24.3 Å². The Morgan fingerprint density at radius 3 is 2.25 bits per heavy atom. The summed E-state index contributed by atoms with van der Waals surface area (Å²) < 4.78 is 4.64. The van der Waals surface area contributed by atoms with E-state index in [9.17, 15) is 9.59 Å². The Hall–Kier alpha value is -3.74. The normalized spacial score (nSPS) is 10.2. The molecule has 0 atom stereocenters. The summed E-state index contributed by atoms with van der Waals surface area (Å²) >= 11 is 0. The number of anilines is 2. The van der Waals surface area contributed by atoms with Crippen LogP contribution in [-0.2, 0) is 11.2 Å². The molecule has 0 aliphatic rings. The average Bonchev–Trinajstić information content (AvgIpc) is 2.75. The summed E-state index contributed by atoms with van der Waals surface area (Å²) in [7, 11) is 1.32.